The molecular formula is C19H20N2O2. The van der Waals surface area contributed by atoms with Crippen LogP contribution in [0.25, 0.3) is 11.0 Å². The molecule has 0 aliphatic carbocycles. The van der Waals surface area contributed by atoms with Crippen molar-refractivity contribution in [1.82, 2.24) is 9.88 Å². The number of rotatable bonds is 4. The Labute approximate surface area is 135 Å². The van der Waals surface area contributed by atoms with Crippen LogP contribution < -0.4 is 5.63 Å². The molecule has 0 spiro atoms. The Bertz CT molecular complexity index is 899. The molecule has 0 amide bonds. The third-order valence-electron chi connectivity index (χ3n) is 4.05. The second-order valence-corrected chi connectivity index (χ2v) is 6.05. The molecule has 0 saturated heterocycles. The molecule has 0 atom stereocenters. The lowest BCUT2D eigenvalue weighted by molar-refractivity contribution is 0.318. The predicted molar refractivity (Wildman–Crippen MR) is 91.4 cm³/mol. The zero-order valence-corrected chi connectivity index (χ0v) is 13.7. The van der Waals surface area contributed by atoms with Crippen molar-refractivity contribution in [1.29, 1.82) is 0 Å². The zero-order valence-electron chi connectivity index (χ0n) is 13.7. The second kappa shape index (κ2) is 6.34. The van der Waals surface area contributed by atoms with Gasteiger partial charge in [-0.3, -0.25) is 9.88 Å². The van der Waals surface area contributed by atoms with Gasteiger partial charge in [-0.05, 0) is 55.3 Å². The number of hydrogen-bond donors (Lipinski definition) is 0. The van der Waals surface area contributed by atoms with Gasteiger partial charge in [-0.15, -0.1) is 0 Å². The maximum Gasteiger partial charge on any atom is 0.336 e. The maximum absolute atomic E-state index is 11.5. The van der Waals surface area contributed by atoms with E-state index in [1.807, 2.05) is 31.5 Å². The summed E-state index contributed by atoms with van der Waals surface area (Å²) >= 11 is 0. The molecule has 0 bridgehead atoms. The highest BCUT2D eigenvalue weighted by atomic mass is 16.4. The van der Waals surface area contributed by atoms with Crippen molar-refractivity contribution < 1.29 is 4.42 Å². The molecule has 3 aromatic rings. The van der Waals surface area contributed by atoms with Crippen molar-refractivity contribution >= 4 is 11.0 Å². The lowest BCUT2D eigenvalue weighted by Crippen LogP contribution is -2.18. The molecule has 4 nitrogen and oxygen atoms in total. The molecule has 3 rings (SSSR count). The number of benzene rings is 1. The number of pyridine rings is 1. The topological polar surface area (TPSA) is 46.3 Å². The normalized spacial score (nSPS) is 11.3. The van der Waals surface area contributed by atoms with Gasteiger partial charge in [0.15, 0.2) is 0 Å². The molecule has 0 saturated carbocycles. The molecule has 0 aliphatic rings. The SMILES string of the molecule is Cc1cnccc1CN(C)Cc1ccc2c(C)cc(=O)oc2c1. The molecule has 0 unspecified atom stereocenters. The molecule has 2 heterocycles. The third kappa shape index (κ3) is 3.48. The summed E-state index contributed by atoms with van der Waals surface area (Å²) in [5.41, 5.74) is 4.89. The summed E-state index contributed by atoms with van der Waals surface area (Å²) in [6.07, 6.45) is 3.71. The van der Waals surface area contributed by atoms with Crippen LogP contribution in [0.4, 0.5) is 0 Å². The van der Waals surface area contributed by atoms with Crippen molar-refractivity contribution in [2.24, 2.45) is 0 Å². The maximum atomic E-state index is 11.5. The monoisotopic (exact) mass is 308 g/mol. The molecule has 0 aliphatic heterocycles. The Balaban J connectivity index is 1.81. The Kier molecular flexibility index (Phi) is 4.26. The highest BCUT2D eigenvalue weighted by molar-refractivity contribution is 5.80. The fourth-order valence-corrected chi connectivity index (χ4v) is 2.81. The van der Waals surface area contributed by atoms with E-state index in [1.54, 1.807) is 0 Å². The van der Waals surface area contributed by atoms with E-state index < -0.39 is 0 Å². The number of nitrogens with zero attached hydrogens (tertiary/aromatic N) is 2. The Morgan fingerprint density at radius 3 is 2.70 bits per heavy atom. The molecule has 0 N–H and O–H groups in total. The minimum atomic E-state index is -0.298. The minimum absolute atomic E-state index is 0.298. The minimum Gasteiger partial charge on any atom is -0.423 e. The molecule has 2 aromatic heterocycles. The van der Waals surface area contributed by atoms with Crippen LogP contribution in [0.3, 0.4) is 0 Å². The van der Waals surface area contributed by atoms with Gasteiger partial charge in [0.05, 0.1) is 0 Å². The van der Waals surface area contributed by atoms with E-state index in [0.717, 1.165) is 29.6 Å². The Morgan fingerprint density at radius 2 is 1.91 bits per heavy atom. The average Bonchev–Trinajstić information content (AvgIpc) is 2.49. The van der Waals surface area contributed by atoms with Crippen molar-refractivity contribution in [2.75, 3.05) is 7.05 Å². The molecule has 23 heavy (non-hydrogen) atoms. The van der Waals surface area contributed by atoms with Crippen LogP contribution in [0, 0.1) is 13.8 Å². The van der Waals surface area contributed by atoms with Gasteiger partial charge >= 0.3 is 5.63 Å². The zero-order chi connectivity index (χ0) is 16.4. The van der Waals surface area contributed by atoms with Crippen molar-refractivity contribution in [3.05, 3.63) is 75.4 Å². The van der Waals surface area contributed by atoms with Crippen LogP contribution in [0.2, 0.25) is 0 Å². The van der Waals surface area contributed by atoms with Crippen LogP contribution >= 0.6 is 0 Å². The van der Waals surface area contributed by atoms with Crippen LogP contribution in [0.15, 0.2) is 51.9 Å². The summed E-state index contributed by atoms with van der Waals surface area (Å²) in [5, 5.41) is 0.987. The van der Waals surface area contributed by atoms with Gasteiger partial charge < -0.3 is 4.42 Å². The van der Waals surface area contributed by atoms with Crippen LogP contribution in [0.5, 0.6) is 0 Å². The van der Waals surface area contributed by atoms with Gasteiger partial charge in [0.2, 0.25) is 0 Å². The number of fused-ring (bicyclic) bond motifs is 1. The Hall–Kier alpha value is -2.46. The molecule has 1 aromatic carbocycles. The fourth-order valence-electron chi connectivity index (χ4n) is 2.81. The first-order valence-electron chi connectivity index (χ1n) is 7.64. The molecule has 118 valence electrons. The summed E-state index contributed by atoms with van der Waals surface area (Å²) in [6, 6.07) is 9.65. The quantitative estimate of drug-likeness (QED) is 0.693. The molecular weight excluding hydrogens is 288 g/mol. The smallest absolute Gasteiger partial charge is 0.336 e. The summed E-state index contributed by atoms with van der Waals surface area (Å²) in [7, 11) is 2.08. The first-order valence-corrected chi connectivity index (χ1v) is 7.64. The number of hydrogen-bond acceptors (Lipinski definition) is 4. The van der Waals surface area contributed by atoms with E-state index in [0.29, 0.717) is 5.58 Å². The van der Waals surface area contributed by atoms with Gasteiger partial charge in [0.25, 0.3) is 0 Å². The lowest BCUT2D eigenvalue weighted by atomic mass is 10.1. The largest absolute Gasteiger partial charge is 0.423 e. The third-order valence-corrected chi connectivity index (χ3v) is 4.05. The van der Waals surface area contributed by atoms with Crippen molar-refractivity contribution in [3.8, 4) is 0 Å². The highest BCUT2D eigenvalue weighted by Crippen LogP contribution is 2.19. The Morgan fingerprint density at radius 1 is 1.09 bits per heavy atom. The van der Waals surface area contributed by atoms with Gasteiger partial charge in [-0.25, -0.2) is 4.79 Å². The first kappa shape index (κ1) is 15.4. The van der Waals surface area contributed by atoms with Crippen LogP contribution in [0.1, 0.15) is 22.3 Å². The van der Waals surface area contributed by atoms with E-state index in [-0.39, 0.29) is 5.63 Å². The lowest BCUT2D eigenvalue weighted by Gasteiger charge is -2.18. The van der Waals surface area contributed by atoms with E-state index in [2.05, 4.69) is 36.0 Å². The highest BCUT2D eigenvalue weighted by Gasteiger charge is 2.07. The number of aryl methyl sites for hydroxylation is 2. The van der Waals surface area contributed by atoms with E-state index >= 15 is 0 Å². The number of aromatic nitrogens is 1. The standard InChI is InChI=1S/C19H20N2O2/c1-13-8-19(22)23-18-9-15(4-5-17(13)18)11-21(3)12-16-6-7-20-10-14(16)2/h4-10H,11-12H2,1-3H3. The summed E-state index contributed by atoms with van der Waals surface area (Å²) in [6.45, 7) is 5.64. The summed E-state index contributed by atoms with van der Waals surface area (Å²) in [5.74, 6) is 0. The molecule has 4 heteroatoms. The van der Waals surface area contributed by atoms with Gasteiger partial charge in [-0.1, -0.05) is 12.1 Å². The average molecular weight is 308 g/mol. The fraction of sp³-hybridized carbons (Fsp3) is 0.263. The van der Waals surface area contributed by atoms with E-state index in [9.17, 15) is 4.79 Å². The van der Waals surface area contributed by atoms with Gasteiger partial charge in [0.1, 0.15) is 5.58 Å². The van der Waals surface area contributed by atoms with E-state index in [4.69, 9.17) is 4.42 Å². The van der Waals surface area contributed by atoms with Crippen LogP contribution in [-0.2, 0) is 13.1 Å². The molecule has 0 radical (unpaired) electrons. The predicted octanol–water partition coefficient (Wildman–Crippen LogP) is 3.44. The molecule has 0 fully saturated rings. The van der Waals surface area contributed by atoms with Crippen molar-refractivity contribution in [2.45, 2.75) is 26.9 Å². The van der Waals surface area contributed by atoms with Gasteiger partial charge in [0, 0.05) is 36.9 Å². The first-order chi connectivity index (χ1) is 11.0. The second-order valence-electron chi connectivity index (χ2n) is 6.05. The van der Waals surface area contributed by atoms with E-state index in [1.165, 1.54) is 17.2 Å². The summed E-state index contributed by atoms with van der Waals surface area (Å²) in [4.78, 5) is 17.9. The van der Waals surface area contributed by atoms with Gasteiger partial charge in [-0.2, -0.15) is 0 Å². The summed E-state index contributed by atoms with van der Waals surface area (Å²) < 4.78 is 5.32. The van der Waals surface area contributed by atoms with Crippen molar-refractivity contribution in [3.63, 3.8) is 0 Å². The van der Waals surface area contributed by atoms with Crippen LogP contribution in [-0.4, -0.2) is 16.9 Å².